The molecule has 29 heavy (non-hydrogen) atoms. The fraction of sp³-hybridized carbons (Fsp3) is 0.261. The van der Waals surface area contributed by atoms with E-state index >= 15 is 0 Å². The average Bonchev–Trinajstić information content (AvgIpc) is 3.39. The zero-order valence-electron chi connectivity index (χ0n) is 16.8. The van der Waals surface area contributed by atoms with Gasteiger partial charge >= 0.3 is 0 Å². The first-order valence-electron chi connectivity index (χ1n) is 9.69. The highest BCUT2D eigenvalue weighted by atomic mass is 16.5. The third-order valence-electron chi connectivity index (χ3n) is 5.27. The van der Waals surface area contributed by atoms with E-state index in [4.69, 9.17) is 4.52 Å². The van der Waals surface area contributed by atoms with Gasteiger partial charge < -0.3 is 9.42 Å². The van der Waals surface area contributed by atoms with Crippen LogP contribution < -0.4 is 4.90 Å². The van der Waals surface area contributed by atoms with E-state index in [0.717, 1.165) is 47.2 Å². The number of ketones is 1. The second-order valence-corrected chi connectivity index (χ2v) is 7.35. The molecule has 0 bridgehead atoms. The maximum atomic E-state index is 12.6. The van der Waals surface area contributed by atoms with Gasteiger partial charge in [-0.25, -0.2) is 0 Å². The second-order valence-electron chi connectivity index (χ2n) is 7.35. The van der Waals surface area contributed by atoms with Gasteiger partial charge in [0, 0.05) is 41.7 Å². The van der Waals surface area contributed by atoms with E-state index in [1.54, 1.807) is 23.1 Å². The van der Waals surface area contributed by atoms with E-state index in [2.05, 4.69) is 5.16 Å². The third kappa shape index (κ3) is 3.66. The molecule has 0 atom stereocenters. The quantitative estimate of drug-likeness (QED) is 0.479. The van der Waals surface area contributed by atoms with Gasteiger partial charge in [0.1, 0.15) is 5.76 Å². The van der Waals surface area contributed by atoms with Gasteiger partial charge in [-0.3, -0.25) is 14.2 Å². The summed E-state index contributed by atoms with van der Waals surface area (Å²) in [4.78, 5) is 26.2. The molecule has 2 aromatic heterocycles. The Morgan fingerprint density at radius 1 is 1.14 bits per heavy atom. The van der Waals surface area contributed by atoms with E-state index in [1.165, 1.54) is 0 Å². The minimum absolute atomic E-state index is 0.0774. The van der Waals surface area contributed by atoms with Crippen molar-refractivity contribution in [1.29, 1.82) is 0 Å². The fourth-order valence-electron chi connectivity index (χ4n) is 3.76. The molecule has 1 aromatic carbocycles. The summed E-state index contributed by atoms with van der Waals surface area (Å²) in [6.45, 7) is 6.58. The summed E-state index contributed by atoms with van der Waals surface area (Å²) in [5, 5.41) is 4.08. The summed E-state index contributed by atoms with van der Waals surface area (Å²) < 4.78 is 7.18. The van der Waals surface area contributed by atoms with Gasteiger partial charge in [-0.05, 0) is 75.2 Å². The lowest BCUT2D eigenvalue weighted by Gasteiger charge is -2.15. The van der Waals surface area contributed by atoms with Crippen LogP contribution in [0.1, 0.15) is 45.9 Å². The normalized spacial score (nSPS) is 14.3. The SMILES string of the molecule is Cc1cc(-n2c(C)cc(/C=C/C(=O)c3ccc(N4CCCC4=O)cc3)c2C)no1. The number of nitrogens with zero attached hydrogens (tertiary/aromatic N) is 3. The van der Waals surface area contributed by atoms with Gasteiger partial charge in [-0.2, -0.15) is 0 Å². The molecule has 1 saturated heterocycles. The van der Waals surface area contributed by atoms with Crippen molar-refractivity contribution >= 4 is 23.5 Å². The van der Waals surface area contributed by atoms with Gasteiger partial charge in [0.15, 0.2) is 11.6 Å². The topological polar surface area (TPSA) is 68.3 Å². The summed E-state index contributed by atoms with van der Waals surface area (Å²) >= 11 is 0. The molecule has 0 unspecified atom stereocenters. The van der Waals surface area contributed by atoms with E-state index in [0.29, 0.717) is 12.0 Å². The zero-order chi connectivity index (χ0) is 20.5. The third-order valence-corrected chi connectivity index (χ3v) is 5.27. The first kappa shape index (κ1) is 18.9. The number of aromatic nitrogens is 2. The summed E-state index contributed by atoms with van der Waals surface area (Å²) in [5.74, 6) is 1.54. The molecule has 1 amide bonds. The molecule has 3 aromatic rings. The van der Waals surface area contributed by atoms with Crippen molar-refractivity contribution in [2.24, 2.45) is 0 Å². The molecule has 1 fully saturated rings. The highest BCUT2D eigenvalue weighted by Crippen LogP contribution is 2.23. The van der Waals surface area contributed by atoms with Crippen LogP contribution >= 0.6 is 0 Å². The van der Waals surface area contributed by atoms with Gasteiger partial charge in [0.25, 0.3) is 0 Å². The van der Waals surface area contributed by atoms with Crippen LogP contribution in [-0.2, 0) is 4.79 Å². The second kappa shape index (κ2) is 7.54. The number of anilines is 1. The molecule has 6 nitrogen and oxygen atoms in total. The monoisotopic (exact) mass is 389 g/mol. The first-order chi connectivity index (χ1) is 13.9. The Labute approximate surface area is 169 Å². The van der Waals surface area contributed by atoms with Crippen LogP contribution in [0.4, 0.5) is 5.69 Å². The first-order valence-corrected chi connectivity index (χ1v) is 9.69. The maximum absolute atomic E-state index is 12.6. The van der Waals surface area contributed by atoms with Crippen molar-refractivity contribution < 1.29 is 14.1 Å². The summed E-state index contributed by atoms with van der Waals surface area (Å²) in [7, 11) is 0. The lowest BCUT2D eigenvalue weighted by Crippen LogP contribution is -2.23. The number of carbonyl (C=O) groups is 2. The largest absolute Gasteiger partial charge is 0.360 e. The van der Waals surface area contributed by atoms with Gasteiger partial charge in [0.2, 0.25) is 5.91 Å². The molecule has 0 radical (unpaired) electrons. The van der Waals surface area contributed by atoms with Crippen molar-refractivity contribution in [3.8, 4) is 5.82 Å². The Morgan fingerprint density at radius 3 is 2.52 bits per heavy atom. The van der Waals surface area contributed by atoms with Crippen LogP contribution in [0.3, 0.4) is 0 Å². The van der Waals surface area contributed by atoms with Crippen molar-refractivity contribution in [3.63, 3.8) is 0 Å². The predicted molar refractivity (Wildman–Crippen MR) is 111 cm³/mol. The van der Waals surface area contributed by atoms with Crippen molar-refractivity contribution in [2.75, 3.05) is 11.4 Å². The lowest BCUT2D eigenvalue weighted by molar-refractivity contribution is -0.117. The lowest BCUT2D eigenvalue weighted by atomic mass is 10.1. The Morgan fingerprint density at radius 2 is 1.90 bits per heavy atom. The van der Waals surface area contributed by atoms with E-state index in [9.17, 15) is 9.59 Å². The minimum atomic E-state index is -0.0774. The smallest absolute Gasteiger partial charge is 0.227 e. The Balaban J connectivity index is 1.52. The number of hydrogen-bond donors (Lipinski definition) is 0. The highest BCUT2D eigenvalue weighted by molar-refractivity contribution is 6.07. The molecule has 6 heteroatoms. The maximum Gasteiger partial charge on any atom is 0.227 e. The molecular formula is C23H23N3O3. The van der Waals surface area contributed by atoms with Crippen LogP contribution in [-0.4, -0.2) is 28.0 Å². The standard InChI is InChI=1S/C23H23N3O3/c1-15-13-19(17(3)26(15)22-14-16(2)29-24-22)8-11-21(27)18-6-9-20(10-7-18)25-12-4-5-23(25)28/h6-11,13-14H,4-5,12H2,1-3H3/b11-8+. The van der Waals surface area contributed by atoms with Gasteiger partial charge in [-0.1, -0.05) is 5.16 Å². The number of benzene rings is 1. The molecular weight excluding hydrogens is 366 g/mol. The summed E-state index contributed by atoms with van der Waals surface area (Å²) in [5.41, 5.74) is 4.40. The molecule has 3 heterocycles. The molecule has 4 rings (SSSR count). The molecule has 148 valence electrons. The number of carbonyl (C=O) groups excluding carboxylic acids is 2. The van der Waals surface area contributed by atoms with Crippen molar-refractivity contribution in [1.82, 2.24) is 9.72 Å². The molecule has 0 aliphatic carbocycles. The Kier molecular flexibility index (Phi) is 4.92. The summed E-state index contributed by atoms with van der Waals surface area (Å²) in [6, 6.07) is 11.1. The number of rotatable bonds is 5. The van der Waals surface area contributed by atoms with Crippen molar-refractivity contribution in [2.45, 2.75) is 33.6 Å². The van der Waals surface area contributed by atoms with Gasteiger partial charge in [0.05, 0.1) is 0 Å². The average molecular weight is 389 g/mol. The van der Waals surface area contributed by atoms with Crippen molar-refractivity contribution in [3.05, 3.63) is 70.7 Å². The molecule has 1 aliphatic heterocycles. The van der Waals surface area contributed by atoms with E-state index in [-0.39, 0.29) is 11.7 Å². The fourth-order valence-corrected chi connectivity index (χ4v) is 3.76. The zero-order valence-corrected chi connectivity index (χ0v) is 16.8. The number of amides is 1. The van der Waals surface area contributed by atoms with E-state index in [1.807, 2.05) is 55.7 Å². The summed E-state index contributed by atoms with van der Waals surface area (Å²) in [6.07, 6.45) is 4.88. The van der Waals surface area contributed by atoms with Gasteiger partial charge in [-0.15, -0.1) is 0 Å². The van der Waals surface area contributed by atoms with Crippen LogP contribution in [0.5, 0.6) is 0 Å². The van der Waals surface area contributed by atoms with E-state index < -0.39 is 0 Å². The minimum Gasteiger partial charge on any atom is -0.360 e. The number of allylic oxidation sites excluding steroid dienone is 1. The van der Waals surface area contributed by atoms with Crippen LogP contribution in [0.2, 0.25) is 0 Å². The Hall–Kier alpha value is -3.41. The van der Waals surface area contributed by atoms with Crippen LogP contribution in [0, 0.1) is 20.8 Å². The molecule has 1 aliphatic rings. The predicted octanol–water partition coefficient (Wildman–Crippen LogP) is 4.41. The molecule has 0 N–H and O–H groups in total. The highest BCUT2D eigenvalue weighted by Gasteiger charge is 2.21. The number of aryl methyl sites for hydroxylation is 2. The van der Waals surface area contributed by atoms with Crippen LogP contribution in [0.25, 0.3) is 11.9 Å². The van der Waals surface area contributed by atoms with Crippen LogP contribution in [0.15, 0.2) is 47.0 Å². The molecule has 0 spiro atoms. The number of hydrogen-bond acceptors (Lipinski definition) is 4. The molecule has 0 saturated carbocycles. The Bertz CT molecular complexity index is 1100.